The molecule has 3 amide bonds. The molecule has 0 fully saturated rings. The Kier molecular flexibility index (Phi) is 9.39. The molecule has 3 rings (SSSR count). The number of amides is 3. The van der Waals surface area contributed by atoms with Gasteiger partial charge in [0.15, 0.2) is 0 Å². The summed E-state index contributed by atoms with van der Waals surface area (Å²) in [6.07, 6.45) is 0.732. The van der Waals surface area contributed by atoms with E-state index in [0.29, 0.717) is 35.7 Å². The number of hydrogen-bond donors (Lipinski definition) is 3. The summed E-state index contributed by atoms with van der Waals surface area (Å²) in [7, 11) is 3.33. The van der Waals surface area contributed by atoms with Crippen LogP contribution in [0.4, 0.5) is 17.1 Å². The molecule has 0 radical (unpaired) electrons. The minimum atomic E-state index is -0.277. The van der Waals surface area contributed by atoms with E-state index in [1.165, 1.54) is 0 Å². The van der Waals surface area contributed by atoms with Gasteiger partial charge < -0.3 is 25.6 Å². The van der Waals surface area contributed by atoms with Crippen LogP contribution in [0.3, 0.4) is 0 Å². The third kappa shape index (κ3) is 7.68. The maximum absolute atomic E-state index is 12.8. The van der Waals surface area contributed by atoms with Gasteiger partial charge in [-0.1, -0.05) is 30.3 Å². The number of hydrogen-bond acceptors (Lipinski definition) is 5. The average Bonchev–Trinajstić information content (AvgIpc) is 2.90. The van der Waals surface area contributed by atoms with Crippen LogP contribution in [0, 0.1) is 0 Å². The minimum absolute atomic E-state index is 0.000995. The van der Waals surface area contributed by atoms with Crippen molar-refractivity contribution >= 4 is 34.8 Å². The molecule has 0 aliphatic rings. The first kappa shape index (κ1) is 25.5. The lowest BCUT2D eigenvalue weighted by Crippen LogP contribution is -2.26. The number of rotatable bonds is 11. The summed E-state index contributed by atoms with van der Waals surface area (Å²) in [6, 6.07) is 23.1. The van der Waals surface area contributed by atoms with Crippen LogP contribution >= 0.6 is 0 Å². The Hall–Kier alpha value is -4.17. The van der Waals surface area contributed by atoms with Crippen LogP contribution in [0.5, 0.6) is 0 Å². The molecule has 35 heavy (non-hydrogen) atoms. The molecule has 8 nitrogen and oxygen atoms in total. The monoisotopic (exact) mass is 474 g/mol. The molecule has 0 aromatic heterocycles. The van der Waals surface area contributed by atoms with Gasteiger partial charge in [-0.25, -0.2) is 0 Å². The summed E-state index contributed by atoms with van der Waals surface area (Å²) in [6.45, 7) is 1.11. The van der Waals surface area contributed by atoms with Gasteiger partial charge in [0, 0.05) is 55.5 Å². The maximum atomic E-state index is 12.8. The summed E-state index contributed by atoms with van der Waals surface area (Å²) in [5.74, 6) is -0.640. The molecule has 3 aromatic carbocycles. The number of methoxy groups -OCH3 is 1. The molecule has 182 valence electrons. The summed E-state index contributed by atoms with van der Waals surface area (Å²) in [5, 5.41) is 8.66. The highest BCUT2D eigenvalue weighted by Crippen LogP contribution is 2.17. The zero-order valence-electron chi connectivity index (χ0n) is 19.9. The van der Waals surface area contributed by atoms with Crippen LogP contribution in [0.1, 0.15) is 27.1 Å². The van der Waals surface area contributed by atoms with Gasteiger partial charge in [0.25, 0.3) is 11.8 Å². The molecule has 0 saturated heterocycles. The number of nitrogens with zero attached hydrogens (tertiary/aromatic N) is 1. The first-order valence-electron chi connectivity index (χ1n) is 11.3. The third-order valence-electron chi connectivity index (χ3n) is 5.23. The second-order valence-corrected chi connectivity index (χ2v) is 7.87. The Labute approximate surface area is 205 Å². The fourth-order valence-corrected chi connectivity index (χ4v) is 3.37. The topological polar surface area (TPSA) is 99.8 Å². The van der Waals surface area contributed by atoms with E-state index in [1.54, 1.807) is 67.6 Å². The van der Waals surface area contributed by atoms with E-state index in [2.05, 4.69) is 16.0 Å². The molecule has 8 heteroatoms. The molecule has 0 unspecified atom stereocenters. The summed E-state index contributed by atoms with van der Waals surface area (Å²) < 4.78 is 4.97. The molecule has 0 atom stereocenters. The van der Waals surface area contributed by atoms with Crippen molar-refractivity contribution in [2.75, 3.05) is 49.4 Å². The Morgan fingerprint density at radius 2 is 1.54 bits per heavy atom. The molecule has 0 spiro atoms. The number of carbonyl (C=O) groups excluding carboxylic acids is 3. The summed E-state index contributed by atoms with van der Waals surface area (Å²) >= 11 is 0. The minimum Gasteiger partial charge on any atom is -0.385 e. The van der Waals surface area contributed by atoms with Gasteiger partial charge in [0.2, 0.25) is 5.91 Å². The predicted molar refractivity (Wildman–Crippen MR) is 138 cm³/mol. The number of nitrogens with one attached hydrogen (secondary N) is 3. The second kappa shape index (κ2) is 12.9. The number of benzene rings is 3. The van der Waals surface area contributed by atoms with Gasteiger partial charge in [-0.15, -0.1) is 0 Å². The molecule has 0 heterocycles. The quantitative estimate of drug-likeness (QED) is 0.367. The van der Waals surface area contributed by atoms with Crippen LogP contribution in [-0.2, 0) is 9.53 Å². The Morgan fingerprint density at radius 3 is 2.29 bits per heavy atom. The summed E-state index contributed by atoms with van der Waals surface area (Å²) in [4.78, 5) is 39.2. The van der Waals surface area contributed by atoms with Crippen LogP contribution < -0.4 is 20.9 Å². The molecule has 3 N–H and O–H groups in total. The van der Waals surface area contributed by atoms with Gasteiger partial charge in [-0.3, -0.25) is 14.4 Å². The molecule has 3 aromatic rings. The maximum Gasteiger partial charge on any atom is 0.258 e. The highest BCUT2D eigenvalue weighted by atomic mass is 16.5. The first-order valence-corrected chi connectivity index (χ1v) is 11.3. The van der Waals surface area contributed by atoms with Crippen molar-refractivity contribution in [2.45, 2.75) is 6.42 Å². The summed E-state index contributed by atoms with van der Waals surface area (Å²) in [5.41, 5.74) is 2.92. The highest BCUT2D eigenvalue weighted by Gasteiger charge is 2.14. The number of anilines is 3. The largest absolute Gasteiger partial charge is 0.385 e. The van der Waals surface area contributed by atoms with Crippen LogP contribution in [0.25, 0.3) is 0 Å². The normalized spacial score (nSPS) is 10.3. The van der Waals surface area contributed by atoms with E-state index < -0.39 is 0 Å². The lowest BCUT2D eigenvalue weighted by Gasteiger charge is -2.17. The van der Waals surface area contributed by atoms with E-state index in [-0.39, 0.29) is 24.3 Å². The lowest BCUT2D eigenvalue weighted by atomic mass is 10.1. The van der Waals surface area contributed by atoms with Crippen LogP contribution in [-0.4, -0.2) is 51.6 Å². The van der Waals surface area contributed by atoms with Gasteiger partial charge >= 0.3 is 0 Å². The fraction of sp³-hybridized carbons (Fsp3) is 0.222. The fourth-order valence-electron chi connectivity index (χ4n) is 3.37. The first-order chi connectivity index (χ1) is 17.0. The molecule has 0 aliphatic carbocycles. The van der Waals surface area contributed by atoms with Gasteiger partial charge in [0.1, 0.15) is 0 Å². The van der Waals surface area contributed by atoms with Crippen LogP contribution in [0.2, 0.25) is 0 Å². The predicted octanol–water partition coefficient (Wildman–Crippen LogP) is 3.78. The number of carbonyl (C=O) groups is 3. The Morgan fingerprint density at radius 1 is 0.857 bits per heavy atom. The van der Waals surface area contributed by atoms with Gasteiger partial charge in [-0.2, -0.15) is 0 Å². The zero-order valence-corrected chi connectivity index (χ0v) is 19.9. The SMILES string of the molecule is COCCCNC(=O)c1cccc(NCC(=O)Nc2cccc(C(=O)N(C)c3ccccc3)c2)c1. The van der Waals surface area contributed by atoms with E-state index in [9.17, 15) is 14.4 Å². The third-order valence-corrected chi connectivity index (χ3v) is 5.23. The van der Waals surface area contributed by atoms with Crippen molar-refractivity contribution < 1.29 is 19.1 Å². The van der Waals surface area contributed by atoms with Gasteiger partial charge in [0.05, 0.1) is 6.54 Å². The Bertz CT molecular complexity index is 1150. The van der Waals surface area contributed by atoms with E-state index in [1.807, 2.05) is 30.3 Å². The van der Waals surface area contributed by atoms with Crippen molar-refractivity contribution in [1.29, 1.82) is 0 Å². The second-order valence-electron chi connectivity index (χ2n) is 7.87. The van der Waals surface area contributed by atoms with Crippen molar-refractivity contribution in [3.63, 3.8) is 0 Å². The van der Waals surface area contributed by atoms with Gasteiger partial charge in [-0.05, 0) is 55.0 Å². The van der Waals surface area contributed by atoms with Crippen molar-refractivity contribution in [2.24, 2.45) is 0 Å². The molecule has 0 bridgehead atoms. The van der Waals surface area contributed by atoms with E-state index >= 15 is 0 Å². The molecule has 0 saturated carbocycles. The molecular weight excluding hydrogens is 444 g/mol. The standard InChI is InChI=1S/C27H30N4O4/c1-31(24-13-4-3-5-14-24)27(34)21-10-7-12-23(18-21)30-25(32)19-29-22-11-6-9-20(17-22)26(33)28-15-8-16-35-2/h3-7,9-14,17-18,29H,8,15-16,19H2,1-2H3,(H,28,33)(H,30,32). The number of para-hydroxylation sites is 1. The highest BCUT2D eigenvalue weighted by molar-refractivity contribution is 6.06. The molecular formula is C27H30N4O4. The zero-order chi connectivity index (χ0) is 25.0. The Balaban J connectivity index is 1.54. The lowest BCUT2D eigenvalue weighted by molar-refractivity contribution is -0.114. The van der Waals surface area contributed by atoms with Crippen molar-refractivity contribution in [1.82, 2.24) is 5.32 Å². The van der Waals surface area contributed by atoms with Crippen molar-refractivity contribution in [3.05, 3.63) is 90.0 Å². The number of ether oxygens (including phenoxy) is 1. The molecule has 0 aliphatic heterocycles. The van der Waals surface area contributed by atoms with Crippen LogP contribution in [0.15, 0.2) is 78.9 Å². The smallest absolute Gasteiger partial charge is 0.258 e. The van der Waals surface area contributed by atoms with E-state index in [4.69, 9.17) is 4.74 Å². The van der Waals surface area contributed by atoms with Crippen molar-refractivity contribution in [3.8, 4) is 0 Å². The van der Waals surface area contributed by atoms with E-state index in [0.717, 1.165) is 12.1 Å². The average molecular weight is 475 g/mol.